The molecule has 0 bridgehead atoms. The van der Waals surface area contributed by atoms with Gasteiger partial charge in [0.25, 0.3) is 11.6 Å². The van der Waals surface area contributed by atoms with E-state index in [9.17, 15) is 14.9 Å². The van der Waals surface area contributed by atoms with E-state index in [0.717, 1.165) is 5.01 Å². The van der Waals surface area contributed by atoms with Crippen molar-refractivity contribution in [1.29, 1.82) is 0 Å². The van der Waals surface area contributed by atoms with Gasteiger partial charge in [0.15, 0.2) is 0 Å². The van der Waals surface area contributed by atoms with Gasteiger partial charge in [-0.05, 0) is 18.2 Å². The minimum Gasteiger partial charge on any atom is -0.267 e. The molecule has 2 N–H and O–H groups in total. The lowest BCUT2D eigenvalue weighted by molar-refractivity contribution is -0.384. The fourth-order valence-electron chi connectivity index (χ4n) is 1.60. The first-order valence-electron chi connectivity index (χ1n) is 5.48. The Labute approximate surface area is 109 Å². The molecule has 0 aliphatic rings. The van der Waals surface area contributed by atoms with Crippen molar-refractivity contribution in [1.82, 2.24) is 0 Å². The summed E-state index contributed by atoms with van der Waals surface area (Å²) in [7, 11) is 0. The molecule has 0 radical (unpaired) electrons. The summed E-state index contributed by atoms with van der Waals surface area (Å²) in [6.45, 7) is 0. The van der Waals surface area contributed by atoms with Gasteiger partial charge in [0.2, 0.25) is 0 Å². The zero-order chi connectivity index (χ0) is 13.8. The van der Waals surface area contributed by atoms with Crippen molar-refractivity contribution in [2.45, 2.75) is 0 Å². The number of nitrogens with two attached hydrogens (primary N) is 1. The molecule has 0 aliphatic heterocycles. The van der Waals surface area contributed by atoms with Crippen LogP contribution in [0.4, 0.5) is 11.4 Å². The number of anilines is 1. The van der Waals surface area contributed by atoms with E-state index in [1.165, 1.54) is 24.3 Å². The van der Waals surface area contributed by atoms with Crippen LogP contribution in [-0.2, 0) is 0 Å². The molecule has 6 nitrogen and oxygen atoms in total. The van der Waals surface area contributed by atoms with Crippen LogP contribution < -0.4 is 10.9 Å². The number of amides is 1. The number of carbonyl (C=O) groups excluding carboxylic acids is 1. The Hall–Kier alpha value is -2.73. The molecule has 0 fully saturated rings. The molecule has 0 atom stereocenters. The lowest BCUT2D eigenvalue weighted by atomic mass is 10.2. The minimum atomic E-state index is -0.555. The highest BCUT2D eigenvalue weighted by atomic mass is 16.6. The van der Waals surface area contributed by atoms with Gasteiger partial charge in [0.05, 0.1) is 10.6 Å². The summed E-state index contributed by atoms with van der Waals surface area (Å²) >= 11 is 0. The Kier molecular flexibility index (Phi) is 3.53. The first kappa shape index (κ1) is 12.7. The molecule has 6 heteroatoms. The highest BCUT2D eigenvalue weighted by Gasteiger charge is 2.16. The minimum absolute atomic E-state index is 0.146. The van der Waals surface area contributed by atoms with E-state index in [-0.39, 0.29) is 11.3 Å². The van der Waals surface area contributed by atoms with Crippen molar-refractivity contribution in [3.63, 3.8) is 0 Å². The Bertz CT molecular complexity index is 614. The number of nitro benzene ring substituents is 1. The maximum absolute atomic E-state index is 12.1. The summed E-state index contributed by atoms with van der Waals surface area (Å²) in [5.74, 6) is 5.21. The topological polar surface area (TPSA) is 89.5 Å². The van der Waals surface area contributed by atoms with Crippen molar-refractivity contribution < 1.29 is 9.72 Å². The molecule has 0 saturated carbocycles. The number of hydrogen-bond acceptors (Lipinski definition) is 4. The highest BCUT2D eigenvalue weighted by molar-refractivity contribution is 6.05. The van der Waals surface area contributed by atoms with Crippen LogP contribution in [0, 0.1) is 10.1 Å². The van der Waals surface area contributed by atoms with Gasteiger partial charge in [0.1, 0.15) is 0 Å². The van der Waals surface area contributed by atoms with Crippen LogP contribution in [0.2, 0.25) is 0 Å². The van der Waals surface area contributed by atoms with Crippen LogP contribution in [0.25, 0.3) is 0 Å². The molecule has 1 amide bonds. The number of carbonyl (C=O) groups is 1. The van der Waals surface area contributed by atoms with Crippen LogP contribution in [0.1, 0.15) is 10.4 Å². The van der Waals surface area contributed by atoms with Gasteiger partial charge in [-0.1, -0.05) is 24.3 Å². The first-order valence-corrected chi connectivity index (χ1v) is 5.48. The van der Waals surface area contributed by atoms with Gasteiger partial charge in [-0.25, -0.2) is 10.9 Å². The molecule has 2 rings (SSSR count). The second-order valence-corrected chi connectivity index (χ2v) is 3.82. The van der Waals surface area contributed by atoms with Crippen molar-refractivity contribution in [2.75, 3.05) is 5.01 Å². The second kappa shape index (κ2) is 5.28. The average Bonchev–Trinajstić information content (AvgIpc) is 2.46. The van der Waals surface area contributed by atoms with Crippen LogP contribution in [0.3, 0.4) is 0 Å². The van der Waals surface area contributed by atoms with E-state index in [1.54, 1.807) is 30.3 Å². The number of nitrogens with zero attached hydrogens (tertiary/aromatic N) is 2. The van der Waals surface area contributed by atoms with Gasteiger partial charge in [-0.15, -0.1) is 0 Å². The molecular formula is C13H11N3O3. The van der Waals surface area contributed by atoms with Gasteiger partial charge in [-0.3, -0.25) is 14.9 Å². The lowest BCUT2D eigenvalue weighted by Gasteiger charge is -2.16. The smallest absolute Gasteiger partial charge is 0.267 e. The number of nitro groups is 1. The van der Waals surface area contributed by atoms with Crippen molar-refractivity contribution in [2.24, 2.45) is 5.84 Å². The number of benzene rings is 2. The number of rotatable bonds is 3. The van der Waals surface area contributed by atoms with Crippen molar-refractivity contribution in [3.05, 3.63) is 70.3 Å². The SMILES string of the molecule is NN(C(=O)c1cccc([N+](=O)[O-])c1)c1ccccc1. The molecule has 0 aromatic heterocycles. The van der Waals surface area contributed by atoms with E-state index in [2.05, 4.69) is 0 Å². The van der Waals surface area contributed by atoms with Crippen LogP contribution in [-0.4, -0.2) is 10.8 Å². The average molecular weight is 257 g/mol. The van der Waals surface area contributed by atoms with Gasteiger partial charge in [0, 0.05) is 17.7 Å². The maximum atomic E-state index is 12.1. The van der Waals surface area contributed by atoms with E-state index < -0.39 is 10.8 Å². The number of hydrazine groups is 1. The Morgan fingerprint density at radius 3 is 2.42 bits per heavy atom. The summed E-state index contributed by atoms with van der Waals surface area (Å²) < 4.78 is 0. The van der Waals surface area contributed by atoms with E-state index in [1.807, 2.05) is 0 Å². The van der Waals surface area contributed by atoms with Gasteiger partial charge < -0.3 is 0 Å². The Morgan fingerprint density at radius 2 is 1.79 bits per heavy atom. The van der Waals surface area contributed by atoms with Gasteiger partial charge in [-0.2, -0.15) is 0 Å². The molecule has 19 heavy (non-hydrogen) atoms. The summed E-state index contributed by atoms with van der Waals surface area (Å²) in [4.78, 5) is 22.2. The van der Waals surface area contributed by atoms with E-state index >= 15 is 0 Å². The second-order valence-electron chi connectivity index (χ2n) is 3.82. The van der Waals surface area contributed by atoms with Gasteiger partial charge >= 0.3 is 0 Å². The third-order valence-electron chi connectivity index (χ3n) is 2.56. The summed E-state index contributed by atoms with van der Waals surface area (Å²) in [5.41, 5.74) is 0.534. The third kappa shape index (κ3) is 2.75. The molecule has 96 valence electrons. The standard InChI is InChI=1S/C13H11N3O3/c14-15(11-6-2-1-3-7-11)13(17)10-5-4-8-12(9-10)16(18)19/h1-9H,14H2. The zero-order valence-electron chi connectivity index (χ0n) is 9.89. The zero-order valence-corrected chi connectivity index (χ0v) is 9.89. The monoisotopic (exact) mass is 257 g/mol. The Morgan fingerprint density at radius 1 is 1.11 bits per heavy atom. The fourth-order valence-corrected chi connectivity index (χ4v) is 1.60. The van der Waals surface area contributed by atoms with Crippen molar-refractivity contribution in [3.8, 4) is 0 Å². The molecule has 0 spiro atoms. The summed E-state index contributed by atoms with van der Waals surface area (Å²) in [6.07, 6.45) is 0. The quantitative estimate of drug-likeness (QED) is 0.394. The van der Waals surface area contributed by atoms with Crippen LogP contribution in [0.15, 0.2) is 54.6 Å². The van der Waals surface area contributed by atoms with Crippen LogP contribution >= 0.6 is 0 Å². The third-order valence-corrected chi connectivity index (χ3v) is 2.56. The molecule has 0 saturated heterocycles. The summed E-state index contributed by atoms with van der Waals surface area (Å²) in [5, 5.41) is 11.6. The van der Waals surface area contributed by atoms with Crippen LogP contribution in [0.5, 0.6) is 0 Å². The maximum Gasteiger partial charge on any atom is 0.272 e. The normalized spacial score (nSPS) is 9.95. The number of para-hydroxylation sites is 1. The predicted octanol–water partition coefficient (Wildman–Crippen LogP) is 2.12. The number of hydrogen-bond donors (Lipinski definition) is 1. The number of non-ortho nitro benzene ring substituents is 1. The molecule has 2 aromatic rings. The van der Waals surface area contributed by atoms with E-state index in [4.69, 9.17) is 5.84 Å². The lowest BCUT2D eigenvalue weighted by Crippen LogP contribution is -2.37. The van der Waals surface area contributed by atoms with E-state index in [0.29, 0.717) is 5.69 Å². The largest absolute Gasteiger partial charge is 0.272 e. The highest BCUT2D eigenvalue weighted by Crippen LogP contribution is 2.17. The fraction of sp³-hybridized carbons (Fsp3) is 0. The predicted molar refractivity (Wildman–Crippen MR) is 70.5 cm³/mol. The summed E-state index contributed by atoms with van der Waals surface area (Å²) in [6, 6.07) is 14.1. The molecular weight excluding hydrogens is 246 g/mol. The van der Waals surface area contributed by atoms with Crippen molar-refractivity contribution >= 4 is 17.3 Å². The molecule has 0 aliphatic carbocycles. The first-order chi connectivity index (χ1) is 9.09. The Balaban J connectivity index is 2.29. The molecule has 0 heterocycles. The molecule has 0 unspecified atom stereocenters. The molecule has 2 aromatic carbocycles.